The molecule has 0 unspecified atom stereocenters. The number of aromatic nitrogens is 5. The molecule has 31 heavy (non-hydrogen) atoms. The Labute approximate surface area is 184 Å². The number of hydrogen-bond acceptors (Lipinski definition) is 8. The summed E-state index contributed by atoms with van der Waals surface area (Å²) >= 11 is 1.55. The van der Waals surface area contributed by atoms with E-state index < -0.39 is 0 Å². The number of thioether (sulfide) groups is 1. The maximum absolute atomic E-state index is 12.1. The number of hydrogen-bond donors (Lipinski definition) is 2. The molecule has 1 aliphatic rings. The van der Waals surface area contributed by atoms with Crippen molar-refractivity contribution in [2.75, 3.05) is 25.1 Å². The summed E-state index contributed by atoms with van der Waals surface area (Å²) in [5.41, 5.74) is 11.2. The molecule has 0 saturated heterocycles. The number of carbonyl (C=O) groups is 1. The van der Waals surface area contributed by atoms with Crippen molar-refractivity contribution in [1.82, 2.24) is 30.0 Å². The van der Waals surface area contributed by atoms with Crippen LogP contribution in [-0.2, 0) is 11.3 Å². The van der Waals surface area contributed by atoms with Crippen molar-refractivity contribution in [3.05, 3.63) is 34.3 Å². The van der Waals surface area contributed by atoms with E-state index in [1.165, 1.54) is 0 Å². The highest BCUT2D eigenvalue weighted by atomic mass is 32.2. The first-order valence-corrected chi connectivity index (χ1v) is 11.0. The average Bonchev–Trinajstić information content (AvgIpc) is 2.95. The Morgan fingerprint density at radius 2 is 2.16 bits per heavy atom. The molecule has 1 amide bonds. The van der Waals surface area contributed by atoms with E-state index in [0.717, 1.165) is 44.2 Å². The van der Waals surface area contributed by atoms with Crippen molar-refractivity contribution in [2.24, 2.45) is 0 Å². The minimum Gasteiger partial charge on any atom is -0.496 e. The Kier molecular flexibility index (Phi) is 5.81. The van der Waals surface area contributed by atoms with Crippen LogP contribution in [-0.4, -0.2) is 50.0 Å². The molecule has 9 nitrogen and oxygen atoms in total. The second-order valence-electron chi connectivity index (χ2n) is 7.40. The normalized spacial score (nSPS) is 13.1. The van der Waals surface area contributed by atoms with Crippen molar-refractivity contribution < 1.29 is 9.53 Å². The molecule has 0 aromatic carbocycles. The lowest BCUT2D eigenvalue weighted by molar-refractivity contribution is -0.120. The number of nitrogen functional groups attached to an aromatic ring is 1. The number of nitrogens with two attached hydrogens (primary N) is 1. The number of amides is 1. The predicted molar refractivity (Wildman–Crippen MR) is 121 cm³/mol. The molecule has 4 heterocycles. The first-order chi connectivity index (χ1) is 14.9. The van der Waals surface area contributed by atoms with E-state index in [0.29, 0.717) is 30.9 Å². The summed E-state index contributed by atoms with van der Waals surface area (Å²) in [7, 11) is 1.66. The Bertz CT molecular complexity index is 1200. The molecule has 0 saturated carbocycles. The first-order valence-electron chi connectivity index (χ1n) is 10.0. The second-order valence-corrected chi connectivity index (χ2v) is 8.36. The number of carbonyl (C=O) groups excluding carboxylic acids is 1. The number of nitrogens with zero attached hydrogens (tertiary/aromatic N) is 5. The van der Waals surface area contributed by atoms with Crippen molar-refractivity contribution in [2.45, 2.75) is 38.8 Å². The summed E-state index contributed by atoms with van der Waals surface area (Å²) in [6, 6.07) is 0. The van der Waals surface area contributed by atoms with Gasteiger partial charge in [0.15, 0.2) is 5.65 Å². The van der Waals surface area contributed by atoms with Gasteiger partial charge in [0.25, 0.3) is 0 Å². The van der Waals surface area contributed by atoms with E-state index >= 15 is 0 Å². The number of anilines is 1. The largest absolute Gasteiger partial charge is 0.496 e. The van der Waals surface area contributed by atoms with Gasteiger partial charge in [0.1, 0.15) is 10.8 Å². The number of methoxy groups -OCH3 is 1. The number of ether oxygens (including phenoxy) is 1. The molecule has 0 aliphatic carbocycles. The van der Waals surface area contributed by atoms with E-state index in [1.54, 1.807) is 29.8 Å². The zero-order valence-corrected chi connectivity index (χ0v) is 18.8. The molecule has 4 rings (SSSR count). The van der Waals surface area contributed by atoms with Gasteiger partial charge >= 0.3 is 0 Å². The molecule has 1 aliphatic heterocycles. The van der Waals surface area contributed by atoms with Gasteiger partial charge in [-0.15, -0.1) is 11.8 Å². The maximum Gasteiger partial charge on any atom is 0.224 e. The molecule has 3 aromatic heterocycles. The lowest BCUT2D eigenvalue weighted by Crippen LogP contribution is -2.23. The van der Waals surface area contributed by atoms with Crippen molar-refractivity contribution >= 4 is 40.7 Å². The van der Waals surface area contributed by atoms with Gasteiger partial charge in [0.05, 0.1) is 30.4 Å². The van der Waals surface area contributed by atoms with Crippen LogP contribution in [0, 0.1) is 13.8 Å². The van der Waals surface area contributed by atoms with Gasteiger partial charge in [-0.25, -0.2) is 9.67 Å². The van der Waals surface area contributed by atoms with Crippen molar-refractivity contribution in [1.29, 1.82) is 0 Å². The maximum atomic E-state index is 12.1. The molecule has 0 atom stereocenters. The van der Waals surface area contributed by atoms with Gasteiger partial charge in [-0.05, 0) is 32.4 Å². The van der Waals surface area contributed by atoms with Crippen LogP contribution >= 0.6 is 11.8 Å². The van der Waals surface area contributed by atoms with Gasteiger partial charge in [-0.3, -0.25) is 9.78 Å². The van der Waals surface area contributed by atoms with Crippen LogP contribution in [0.3, 0.4) is 0 Å². The van der Waals surface area contributed by atoms with Gasteiger partial charge in [-0.2, -0.15) is 10.1 Å². The third-order valence-corrected chi connectivity index (χ3v) is 6.23. The number of pyridine rings is 1. The van der Waals surface area contributed by atoms with Crippen LogP contribution in [0.5, 0.6) is 5.75 Å². The zero-order valence-electron chi connectivity index (χ0n) is 18.0. The SMILES string of the molecule is CCNC(=O)CC1=Cc2nn(Cc3ncc(C)c(OC)c3C)c3nc(N)nc(c23)SC1. The van der Waals surface area contributed by atoms with Crippen LogP contribution < -0.4 is 15.8 Å². The lowest BCUT2D eigenvalue weighted by Gasteiger charge is -2.12. The monoisotopic (exact) mass is 439 g/mol. The van der Waals surface area contributed by atoms with Crippen LogP contribution in [0.2, 0.25) is 0 Å². The molecule has 0 fully saturated rings. The van der Waals surface area contributed by atoms with Crippen LogP contribution in [0.25, 0.3) is 17.1 Å². The highest BCUT2D eigenvalue weighted by molar-refractivity contribution is 7.99. The third-order valence-electron chi connectivity index (χ3n) is 5.15. The Morgan fingerprint density at radius 1 is 1.35 bits per heavy atom. The molecule has 3 N–H and O–H groups in total. The summed E-state index contributed by atoms with van der Waals surface area (Å²) in [5, 5.41) is 9.26. The fraction of sp³-hybridized carbons (Fsp3) is 0.381. The molecule has 162 valence electrons. The highest BCUT2D eigenvalue weighted by Crippen LogP contribution is 2.35. The van der Waals surface area contributed by atoms with Gasteiger partial charge < -0.3 is 15.8 Å². The van der Waals surface area contributed by atoms with Crippen molar-refractivity contribution in [3.63, 3.8) is 0 Å². The van der Waals surface area contributed by atoms with E-state index in [9.17, 15) is 4.79 Å². The van der Waals surface area contributed by atoms with Crippen LogP contribution in [0.1, 0.15) is 35.9 Å². The molecule has 0 bridgehead atoms. The Hall–Kier alpha value is -3.14. The van der Waals surface area contributed by atoms with Gasteiger partial charge in [0.2, 0.25) is 11.9 Å². The quantitative estimate of drug-likeness (QED) is 0.562. The fourth-order valence-corrected chi connectivity index (χ4v) is 4.74. The summed E-state index contributed by atoms with van der Waals surface area (Å²) in [5.74, 6) is 1.65. The van der Waals surface area contributed by atoms with E-state index in [4.69, 9.17) is 15.6 Å². The zero-order chi connectivity index (χ0) is 22.1. The van der Waals surface area contributed by atoms with Crippen molar-refractivity contribution in [3.8, 4) is 5.75 Å². The smallest absolute Gasteiger partial charge is 0.224 e. The summed E-state index contributed by atoms with van der Waals surface area (Å²) in [6.45, 7) is 6.88. The Balaban J connectivity index is 1.78. The second kappa shape index (κ2) is 8.54. The molecule has 0 radical (unpaired) electrons. The Morgan fingerprint density at radius 3 is 2.90 bits per heavy atom. The molecule has 3 aromatic rings. The van der Waals surface area contributed by atoms with Crippen LogP contribution in [0.15, 0.2) is 16.8 Å². The first kappa shape index (κ1) is 21.1. The minimum absolute atomic E-state index is 0.00634. The summed E-state index contributed by atoms with van der Waals surface area (Å²) in [4.78, 5) is 25.6. The molecular weight excluding hydrogens is 414 g/mol. The van der Waals surface area contributed by atoms with Gasteiger partial charge in [-0.1, -0.05) is 0 Å². The predicted octanol–water partition coefficient (Wildman–Crippen LogP) is 2.49. The van der Waals surface area contributed by atoms with Gasteiger partial charge in [0, 0.05) is 36.0 Å². The number of nitrogens with one attached hydrogen (secondary N) is 1. The standard InChI is InChI=1S/C21H25N7O2S/c1-5-23-16(29)7-13-6-14-17-19(25-21(22)26-20(17)31-10-13)28(27-14)9-15-12(3)18(30-4)11(2)8-24-15/h6,8H,5,7,9-10H2,1-4H3,(H,23,29)(H2,22,25,26). The summed E-state index contributed by atoms with van der Waals surface area (Å²) in [6.07, 6.45) is 4.08. The van der Waals surface area contributed by atoms with E-state index in [2.05, 4.69) is 20.3 Å². The molecular formula is C21H25N7O2S. The van der Waals surface area contributed by atoms with Crippen LogP contribution in [0.4, 0.5) is 5.95 Å². The summed E-state index contributed by atoms with van der Waals surface area (Å²) < 4.78 is 7.33. The van der Waals surface area contributed by atoms with E-state index in [-0.39, 0.29) is 11.9 Å². The van der Waals surface area contributed by atoms with E-state index in [1.807, 2.05) is 26.8 Å². The molecule has 10 heteroatoms. The lowest BCUT2D eigenvalue weighted by atomic mass is 10.1. The third kappa shape index (κ3) is 4.07. The fourth-order valence-electron chi connectivity index (χ4n) is 3.74. The average molecular weight is 440 g/mol. The number of rotatable bonds is 6. The number of aryl methyl sites for hydroxylation is 1. The minimum atomic E-state index is -0.00634. The highest BCUT2D eigenvalue weighted by Gasteiger charge is 2.23. The topological polar surface area (TPSA) is 121 Å². The molecule has 0 spiro atoms.